The van der Waals surface area contributed by atoms with Crippen LogP contribution in [-0.2, 0) is 23.7 Å². The first-order chi connectivity index (χ1) is 14.2. The van der Waals surface area contributed by atoms with Gasteiger partial charge in [0, 0.05) is 18.3 Å². The van der Waals surface area contributed by atoms with E-state index in [0.717, 1.165) is 6.54 Å². The van der Waals surface area contributed by atoms with Gasteiger partial charge < -0.3 is 45.2 Å². The molecule has 0 spiro atoms. The molecule has 5 N–H and O–H groups in total. The Labute approximate surface area is 171 Å². The predicted octanol–water partition coefficient (Wildman–Crippen LogP) is -0.0856. The highest BCUT2D eigenvalue weighted by molar-refractivity contribution is 5.90. The molecule has 0 bridgehead atoms. The van der Waals surface area contributed by atoms with Crippen molar-refractivity contribution in [3.8, 4) is 5.75 Å². The molecule has 10 nitrogen and oxygen atoms in total. The molecule has 166 valence electrons. The number of nitrogens with two attached hydrogens (primary N) is 1. The van der Waals surface area contributed by atoms with E-state index in [-0.39, 0.29) is 38.9 Å². The van der Waals surface area contributed by atoms with Crippen molar-refractivity contribution in [3.05, 3.63) is 24.3 Å². The largest absolute Gasteiger partial charge is 0.489 e. The fraction of sp³-hybridized carbons (Fsp3) is 0.632. The maximum atomic E-state index is 12.0. The fourth-order valence-corrected chi connectivity index (χ4v) is 2.10. The van der Waals surface area contributed by atoms with Crippen LogP contribution in [0.3, 0.4) is 0 Å². The summed E-state index contributed by atoms with van der Waals surface area (Å²) in [6.07, 6.45) is -0.383. The van der Waals surface area contributed by atoms with E-state index < -0.39 is 6.23 Å². The highest BCUT2D eigenvalue weighted by Gasteiger charge is 2.06. The summed E-state index contributed by atoms with van der Waals surface area (Å²) in [6, 6.07) is 7.00. The maximum Gasteiger partial charge on any atom is 0.226 e. The zero-order chi connectivity index (χ0) is 21.2. The number of likely N-dealkylation sites (N-methyl/N-ethyl adjacent to an activating group) is 1. The van der Waals surface area contributed by atoms with Crippen LogP contribution < -0.4 is 21.1 Å². The summed E-state index contributed by atoms with van der Waals surface area (Å²) in [5.74, 6) is 0.408. The Balaban J connectivity index is 2.19. The van der Waals surface area contributed by atoms with Crippen molar-refractivity contribution in [2.75, 3.05) is 72.0 Å². The molecule has 1 atom stereocenters. The standard InChI is InChI=1S/C19H33N3O7/c1-21-6-8-26-10-9-25-7-5-19(24)22-16-3-2-4-17(13-16)29-14-18(20)28-12-11-27-15-23/h2-4,13,18,21,23H,5-12,14-15,20H2,1H3,(H,22,24). The van der Waals surface area contributed by atoms with E-state index in [4.69, 9.17) is 34.5 Å². The van der Waals surface area contributed by atoms with Gasteiger partial charge in [-0.25, -0.2) is 0 Å². The van der Waals surface area contributed by atoms with Gasteiger partial charge in [-0.15, -0.1) is 0 Å². The van der Waals surface area contributed by atoms with Gasteiger partial charge in [0.1, 0.15) is 25.4 Å². The van der Waals surface area contributed by atoms with Gasteiger partial charge in [-0.2, -0.15) is 0 Å². The summed E-state index contributed by atoms with van der Waals surface area (Å²) in [6.45, 7) is 3.00. The number of carbonyl (C=O) groups is 1. The van der Waals surface area contributed by atoms with E-state index in [0.29, 0.717) is 37.9 Å². The third kappa shape index (κ3) is 13.9. The van der Waals surface area contributed by atoms with Crippen LogP contribution in [0.5, 0.6) is 5.75 Å². The van der Waals surface area contributed by atoms with Crippen molar-refractivity contribution in [2.24, 2.45) is 5.73 Å². The lowest BCUT2D eigenvalue weighted by Crippen LogP contribution is -2.32. The molecular formula is C19H33N3O7. The Kier molecular flexibility index (Phi) is 14.9. The lowest BCUT2D eigenvalue weighted by Gasteiger charge is -2.15. The summed E-state index contributed by atoms with van der Waals surface area (Å²) in [4.78, 5) is 12.0. The SMILES string of the molecule is CNCCOCCOCCC(=O)Nc1cccc(OCC(N)OCCOCO)c1. The summed E-state index contributed by atoms with van der Waals surface area (Å²) in [5, 5.41) is 14.3. The molecule has 10 heteroatoms. The molecule has 1 rings (SSSR count). The number of aliphatic hydroxyl groups is 1. The number of amides is 1. The average molecular weight is 415 g/mol. The van der Waals surface area contributed by atoms with E-state index in [1.54, 1.807) is 24.3 Å². The quantitative estimate of drug-likeness (QED) is 0.192. The van der Waals surface area contributed by atoms with Crippen molar-refractivity contribution in [1.82, 2.24) is 5.32 Å². The van der Waals surface area contributed by atoms with E-state index in [2.05, 4.69) is 10.6 Å². The monoisotopic (exact) mass is 415 g/mol. The zero-order valence-electron chi connectivity index (χ0n) is 16.9. The van der Waals surface area contributed by atoms with E-state index in [9.17, 15) is 4.79 Å². The Morgan fingerprint density at radius 3 is 2.62 bits per heavy atom. The smallest absolute Gasteiger partial charge is 0.226 e. The molecule has 0 saturated carbocycles. The number of anilines is 1. The second kappa shape index (κ2) is 17.1. The molecule has 1 aromatic rings. The van der Waals surface area contributed by atoms with Gasteiger partial charge >= 0.3 is 0 Å². The third-order valence-electron chi connectivity index (χ3n) is 3.52. The number of rotatable bonds is 18. The van der Waals surface area contributed by atoms with Crippen LogP contribution in [0, 0.1) is 0 Å². The number of hydrogen-bond acceptors (Lipinski definition) is 9. The number of nitrogens with one attached hydrogen (secondary N) is 2. The van der Waals surface area contributed by atoms with Crippen LogP contribution in [0.25, 0.3) is 0 Å². The first-order valence-electron chi connectivity index (χ1n) is 9.54. The van der Waals surface area contributed by atoms with Gasteiger partial charge in [0.25, 0.3) is 0 Å². The van der Waals surface area contributed by atoms with Gasteiger partial charge in [-0.05, 0) is 19.2 Å². The van der Waals surface area contributed by atoms with Crippen LogP contribution in [0.15, 0.2) is 24.3 Å². The summed E-state index contributed by atoms with van der Waals surface area (Å²) >= 11 is 0. The maximum absolute atomic E-state index is 12.0. The van der Waals surface area contributed by atoms with Crippen molar-refractivity contribution < 1.29 is 33.6 Å². The van der Waals surface area contributed by atoms with Crippen LogP contribution in [0.2, 0.25) is 0 Å². The van der Waals surface area contributed by atoms with Crippen molar-refractivity contribution in [1.29, 1.82) is 0 Å². The number of aliphatic hydroxyl groups excluding tert-OH is 1. The first kappa shape index (κ1) is 25.2. The van der Waals surface area contributed by atoms with Gasteiger partial charge in [-0.3, -0.25) is 4.79 Å². The molecule has 0 aliphatic rings. The minimum Gasteiger partial charge on any atom is -0.489 e. The van der Waals surface area contributed by atoms with E-state index >= 15 is 0 Å². The summed E-state index contributed by atoms with van der Waals surface area (Å²) < 4.78 is 26.3. The van der Waals surface area contributed by atoms with Crippen LogP contribution in [0.1, 0.15) is 6.42 Å². The molecule has 0 fully saturated rings. The number of carbonyl (C=O) groups excluding carboxylic acids is 1. The topological polar surface area (TPSA) is 134 Å². The molecule has 1 aromatic carbocycles. The number of hydrogen-bond donors (Lipinski definition) is 4. The van der Waals surface area contributed by atoms with Crippen LogP contribution >= 0.6 is 0 Å². The third-order valence-corrected chi connectivity index (χ3v) is 3.52. The molecule has 29 heavy (non-hydrogen) atoms. The molecule has 0 aliphatic carbocycles. The second-order valence-corrected chi connectivity index (χ2v) is 5.91. The Hall–Kier alpha value is -1.79. The summed E-state index contributed by atoms with van der Waals surface area (Å²) in [5.41, 5.74) is 6.39. The van der Waals surface area contributed by atoms with Gasteiger partial charge in [0.2, 0.25) is 5.91 Å². The first-order valence-corrected chi connectivity index (χ1v) is 9.54. The molecule has 1 amide bonds. The van der Waals surface area contributed by atoms with Crippen molar-refractivity contribution in [3.63, 3.8) is 0 Å². The molecule has 0 heterocycles. The Bertz CT molecular complexity index is 548. The van der Waals surface area contributed by atoms with Crippen LogP contribution in [0.4, 0.5) is 5.69 Å². The Morgan fingerprint density at radius 1 is 1.10 bits per heavy atom. The van der Waals surface area contributed by atoms with E-state index in [1.807, 2.05) is 7.05 Å². The van der Waals surface area contributed by atoms with Crippen LogP contribution in [-0.4, -0.2) is 83.9 Å². The molecular weight excluding hydrogens is 382 g/mol. The number of ether oxygens (including phenoxy) is 5. The molecule has 0 aromatic heterocycles. The van der Waals surface area contributed by atoms with Gasteiger partial charge in [-0.1, -0.05) is 6.07 Å². The van der Waals surface area contributed by atoms with Crippen molar-refractivity contribution in [2.45, 2.75) is 12.6 Å². The summed E-state index contributed by atoms with van der Waals surface area (Å²) in [7, 11) is 1.86. The lowest BCUT2D eigenvalue weighted by molar-refractivity contribution is -0.117. The highest BCUT2D eigenvalue weighted by Crippen LogP contribution is 2.17. The molecule has 0 aliphatic heterocycles. The minimum atomic E-state index is -0.630. The molecule has 0 saturated heterocycles. The second-order valence-electron chi connectivity index (χ2n) is 5.91. The van der Waals surface area contributed by atoms with E-state index in [1.165, 1.54) is 0 Å². The number of benzene rings is 1. The zero-order valence-corrected chi connectivity index (χ0v) is 16.9. The molecule has 0 radical (unpaired) electrons. The van der Waals surface area contributed by atoms with Crippen molar-refractivity contribution >= 4 is 11.6 Å². The average Bonchev–Trinajstić information content (AvgIpc) is 2.72. The van der Waals surface area contributed by atoms with Gasteiger partial charge in [0.15, 0.2) is 0 Å². The predicted molar refractivity (Wildman–Crippen MR) is 108 cm³/mol. The normalized spacial score (nSPS) is 12.0. The minimum absolute atomic E-state index is 0.140. The highest BCUT2D eigenvalue weighted by atomic mass is 16.6. The van der Waals surface area contributed by atoms with Gasteiger partial charge in [0.05, 0.1) is 46.1 Å². The fourth-order valence-electron chi connectivity index (χ4n) is 2.10. The molecule has 1 unspecified atom stereocenters. The lowest BCUT2D eigenvalue weighted by atomic mass is 10.3. The Morgan fingerprint density at radius 2 is 1.86 bits per heavy atom.